The van der Waals surface area contributed by atoms with E-state index in [-0.39, 0.29) is 121 Å². The van der Waals surface area contributed by atoms with E-state index in [1.807, 2.05) is 19.3 Å². The van der Waals surface area contributed by atoms with Crippen molar-refractivity contribution < 1.29 is 72.7 Å². The van der Waals surface area contributed by atoms with Crippen LogP contribution < -0.4 is 32.1 Å². The highest BCUT2D eigenvalue weighted by Crippen LogP contribution is 2.14. The number of rotatable bonds is 49. The second kappa shape index (κ2) is 55.8. The van der Waals surface area contributed by atoms with E-state index >= 15 is 0 Å². The maximum Gasteiger partial charge on any atom is 0.326 e. The quantitative estimate of drug-likeness (QED) is 0.0232. The number of carbonyl (C=O) groups is 8. The standard InChI is InChI=1S/C43H79N5O14.C4H9NO.C2H6/c49-33-36(48-58)19-17-18-24-44-40(52)34-61-31-30-60-28-26-46-41(53)35-62-32-29-59-27-25-45-38(50)23-22-37(43(56)57)47-39(51)20-15-13-11-9-7-5-3-1-2-4-6-8-10-12-14-16-21-42(54)55;1-4(3-6)5-2;1-2/h33,36-37,48,58H,1-32,34-35H2,(H,44,52)(H,45,50)(H,46,53)(H,47,51)(H,54,55)(H,56,57);3-5H,1-2H3;1-2H3. The van der Waals surface area contributed by atoms with Crippen molar-refractivity contribution in [2.45, 2.75) is 187 Å². The van der Waals surface area contributed by atoms with Crippen molar-refractivity contribution >= 4 is 48.1 Å². The summed E-state index contributed by atoms with van der Waals surface area (Å²) in [5.74, 6) is -3.17. The van der Waals surface area contributed by atoms with Gasteiger partial charge in [-0.2, -0.15) is 5.48 Å². The lowest BCUT2D eigenvalue weighted by Gasteiger charge is -2.14. The molecule has 0 aliphatic rings. The number of amides is 4. The van der Waals surface area contributed by atoms with Crippen molar-refractivity contribution in [3.63, 3.8) is 0 Å². The third kappa shape index (κ3) is 54.8. The zero-order valence-corrected chi connectivity index (χ0v) is 43.2. The van der Waals surface area contributed by atoms with Gasteiger partial charge in [-0.1, -0.05) is 104 Å². The number of aldehydes is 2. The molecule has 0 aromatic heterocycles. The number of carbonyl (C=O) groups excluding carboxylic acids is 6. The summed E-state index contributed by atoms with van der Waals surface area (Å²) in [5, 5.41) is 40.2. The van der Waals surface area contributed by atoms with Crippen LogP contribution in [0.25, 0.3) is 0 Å². The van der Waals surface area contributed by atoms with E-state index in [2.05, 4.69) is 26.6 Å². The molecule has 0 aliphatic heterocycles. The van der Waals surface area contributed by atoms with Gasteiger partial charge in [0.15, 0.2) is 0 Å². The van der Waals surface area contributed by atoms with Gasteiger partial charge in [-0.3, -0.25) is 24.0 Å². The SMILES string of the molecule is CC.CNC(C)C=O.O=CC(CCCCNC(=O)COCCOCCNC(=O)COCCOCCNC(=O)CCC(NC(=O)CCCCCCCCCCCCCCCCCCC(=O)O)C(=O)O)NO. The highest BCUT2D eigenvalue weighted by molar-refractivity contribution is 5.84. The van der Waals surface area contributed by atoms with Gasteiger partial charge in [0.25, 0.3) is 0 Å². The predicted molar refractivity (Wildman–Crippen MR) is 266 cm³/mol. The van der Waals surface area contributed by atoms with Crippen molar-refractivity contribution in [1.82, 2.24) is 32.1 Å². The number of unbranched alkanes of at least 4 members (excludes halogenated alkanes) is 16. The molecular formula is C49H94N6O15. The lowest BCUT2D eigenvalue weighted by atomic mass is 10.0. The molecule has 0 heterocycles. The monoisotopic (exact) mass is 1010 g/mol. The van der Waals surface area contributed by atoms with Gasteiger partial charge in [-0.15, -0.1) is 0 Å². The fraction of sp³-hybridized carbons (Fsp3) is 0.837. The first-order valence-electron chi connectivity index (χ1n) is 25.7. The molecule has 21 nitrogen and oxygen atoms in total. The van der Waals surface area contributed by atoms with Crippen LogP contribution in [0.1, 0.15) is 168 Å². The Morgan fingerprint density at radius 1 is 0.486 bits per heavy atom. The molecule has 0 fully saturated rings. The van der Waals surface area contributed by atoms with E-state index in [1.54, 1.807) is 14.0 Å². The van der Waals surface area contributed by atoms with Crippen LogP contribution in [-0.4, -0.2) is 161 Å². The molecular weight excluding hydrogens is 913 g/mol. The molecule has 0 aromatic rings. The minimum absolute atomic E-state index is 0.00463. The maximum absolute atomic E-state index is 12.3. The number of carboxylic acids is 2. The molecule has 0 rings (SSSR count). The molecule has 0 aromatic carbocycles. The molecule has 70 heavy (non-hydrogen) atoms. The number of hydrogen-bond acceptors (Lipinski definition) is 15. The summed E-state index contributed by atoms with van der Waals surface area (Å²) in [6.07, 6.45) is 21.5. The average molecular weight is 1010 g/mol. The summed E-state index contributed by atoms with van der Waals surface area (Å²) in [6, 6.07) is -1.74. The minimum atomic E-state index is -1.18. The van der Waals surface area contributed by atoms with Crippen molar-refractivity contribution in [1.29, 1.82) is 0 Å². The molecule has 9 N–H and O–H groups in total. The number of hydroxylamine groups is 1. The topological polar surface area (TPSA) is 306 Å². The van der Waals surface area contributed by atoms with Crippen LogP contribution in [0.3, 0.4) is 0 Å². The lowest BCUT2D eigenvalue weighted by molar-refractivity contribution is -0.142. The van der Waals surface area contributed by atoms with Crippen molar-refractivity contribution in [2.24, 2.45) is 0 Å². The van der Waals surface area contributed by atoms with Gasteiger partial charge in [0, 0.05) is 38.9 Å². The first-order valence-corrected chi connectivity index (χ1v) is 25.7. The summed E-state index contributed by atoms with van der Waals surface area (Å²) >= 11 is 0. The average Bonchev–Trinajstić information content (AvgIpc) is 3.35. The molecule has 3 atom stereocenters. The molecule has 0 radical (unpaired) electrons. The summed E-state index contributed by atoms with van der Waals surface area (Å²) in [7, 11) is 1.75. The van der Waals surface area contributed by atoms with E-state index in [4.69, 9.17) is 29.3 Å². The zero-order valence-electron chi connectivity index (χ0n) is 43.2. The fourth-order valence-electron chi connectivity index (χ4n) is 6.27. The molecule has 0 aliphatic carbocycles. The maximum atomic E-state index is 12.3. The summed E-state index contributed by atoms with van der Waals surface area (Å²) in [6.45, 7) is 7.68. The number of likely N-dealkylation sites (N-methyl/N-ethyl adjacent to an activating group) is 1. The molecule has 0 saturated heterocycles. The molecule has 4 amide bonds. The van der Waals surface area contributed by atoms with Gasteiger partial charge in [0.2, 0.25) is 23.6 Å². The highest BCUT2D eigenvalue weighted by Gasteiger charge is 2.21. The van der Waals surface area contributed by atoms with E-state index in [9.17, 15) is 43.5 Å². The van der Waals surface area contributed by atoms with E-state index in [0.29, 0.717) is 38.5 Å². The predicted octanol–water partition coefficient (Wildman–Crippen LogP) is 4.39. The Morgan fingerprint density at radius 3 is 1.31 bits per heavy atom. The third-order valence-corrected chi connectivity index (χ3v) is 10.4. The molecule has 0 bridgehead atoms. The Kier molecular flexibility index (Phi) is 55.9. The van der Waals surface area contributed by atoms with Gasteiger partial charge < -0.3 is 70.5 Å². The zero-order chi connectivity index (χ0) is 52.7. The van der Waals surface area contributed by atoms with Gasteiger partial charge >= 0.3 is 11.9 Å². The summed E-state index contributed by atoms with van der Waals surface area (Å²) < 4.78 is 21.3. The largest absolute Gasteiger partial charge is 0.481 e. The number of hydrogen-bond donors (Lipinski definition) is 9. The Morgan fingerprint density at radius 2 is 0.914 bits per heavy atom. The summed E-state index contributed by atoms with van der Waals surface area (Å²) in [5.41, 5.74) is 1.90. The first-order chi connectivity index (χ1) is 33.9. The van der Waals surface area contributed by atoms with Gasteiger partial charge in [0.05, 0.1) is 51.7 Å². The van der Waals surface area contributed by atoms with E-state index in [0.717, 1.165) is 44.8 Å². The molecule has 0 saturated carbocycles. The van der Waals surface area contributed by atoms with E-state index < -0.39 is 24.0 Å². The second-order valence-corrected chi connectivity index (χ2v) is 16.5. The minimum Gasteiger partial charge on any atom is -0.481 e. The van der Waals surface area contributed by atoms with Gasteiger partial charge in [0.1, 0.15) is 31.8 Å². The van der Waals surface area contributed by atoms with Crippen LogP contribution in [0.5, 0.6) is 0 Å². The van der Waals surface area contributed by atoms with Crippen molar-refractivity contribution in [3.8, 4) is 0 Å². The second-order valence-electron chi connectivity index (χ2n) is 16.5. The van der Waals surface area contributed by atoms with Crippen LogP contribution in [0, 0.1) is 0 Å². The normalized spacial score (nSPS) is 11.9. The lowest BCUT2D eigenvalue weighted by Crippen LogP contribution is -2.41. The van der Waals surface area contributed by atoms with Crippen LogP contribution in [-0.2, 0) is 57.3 Å². The Bertz CT molecular complexity index is 1300. The highest BCUT2D eigenvalue weighted by atomic mass is 16.5. The van der Waals surface area contributed by atoms with Crippen LogP contribution in [0.15, 0.2) is 0 Å². The van der Waals surface area contributed by atoms with Crippen molar-refractivity contribution in [3.05, 3.63) is 0 Å². The fourth-order valence-corrected chi connectivity index (χ4v) is 6.27. The number of carboxylic acid groups (broad SMARTS) is 2. The van der Waals surface area contributed by atoms with Crippen LogP contribution >= 0.6 is 0 Å². The Labute approximate surface area is 418 Å². The van der Waals surface area contributed by atoms with E-state index in [1.165, 1.54) is 57.8 Å². The number of aliphatic carboxylic acids is 2. The van der Waals surface area contributed by atoms with Crippen molar-refractivity contribution in [2.75, 3.05) is 79.5 Å². The van der Waals surface area contributed by atoms with Crippen LogP contribution in [0.2, 0.25) is 0 Å². The molecule has 410 valence electrons. The summed E-state index contributed by atoms with van der Waals surface area (Å²) in [4.78, 5) is 90.6. The Hall–Kier alpha value is -4.12. The number of ether oxygens (including phenoxy) is 4. The first kappa shape index (κ1) is 70.1. The van der Waals surface area contributed by atoms with Crippen LogP contribution in [0.4, 0.5) is 0 Å². The third-order valence-electron chi connectivity index (χ3n) is 10.4. The molecule has 0 spiro atoms. The molecule has 3 unspecified atom stereocenters. The van der Waals surface area contributed by atoms with Gasteiger partial charge in [-0.25, -0.2) is 4.79 Å². The smallest absolute Gasteiger partial charge is 0.326 e. The van der Waals surface area contributed by atoms with Gasteiger partial charge in [-0.05, 0) is 52.5 Å². The number of nitrogens with one attached hydrogen (secondary N) is 6. The Balaban J connectivity index is -0.00000517. The molecule has 21 heteroatoms.